The first-order chi connectivity index (χ1) is 10.0. The summed E-state index contributed by atoms with van der Waals surface area (Å²) in [5.74, 6) is -0.0770. The Morgan fingerprint density at radius 2 is 2.24 bits per heavy atom. The Balaban J connectivity index is 1.89. The summed E-state index contributed by atoms with van der Waals surface area (Å²) in [6, 6.07) is 9.15. The maximum atomic E-state index is 12.0. The molecule has 0 fully saturated rings. The van der Waals surface area contributed by atoms with E-state index in [9.17, 15) is 4.79 Å². The lowest BCUT2D eigenvalue weighted by molar-refractivity contribution is -0.117. The molecule has 0 spiro atoms. The number of nitrogen functional groups attached to an aromatic ring is 1. The fraction of sp³-hybridized carbons (Fsp3) is 0.200. The van der Waals surface area contributed by atoms with Crippen molar-refractivity contribution >= 4 is 33.2 Å². The second kappa shape index (κ2) is 7.19. The van der Waals surface area contributed by atoms with E-state index in [0.29, 0.717) is 24.5 Å². The van der Waals surface area contributed by atoms with Gasteiger partial charge >= 0.3 is 0 Å². The van der Waals surface area contributed by atoms with Crippen molar-refractivity contribution in [2.24, 2.45) is 0 Å². The number of pyridine rings is 1. The number of amides is 1. The van der Waals surface area contributed by atoms with Crippen LogP contribution in [0.3, 0.4) is 0 Å². The van der Waals surface area contributed by atoms with Gasteiger partial charge in [-0.1, -0.05) is 6.07 Å². The van der Waals surface area contributed by atoms with Gasteiger partial charge in [0.25, 0.3) is 0 Å². The minimum Gasteiger partial charge on any atom is -0.399 e. The van der Waals surface area contributed by atoms with Crippen LogP contribution in [0, 0.1) is 0 Å². The van der Waals surface area contributed by atoms with Crippen LogP contribution < -0.4 is 11.1 Å². The van der Waals surface area contributed by atoms with Crippen molar-refractivity contribution < 1.29 is 4.79 Å². The standard InChI is InChI=1S/C15H17BrN4O/c1-20(9-11-3-2-6-18-8-11)10-15(21)19-14-5-4-12(17)7-13(14)16/h2-8H,9-10,17H2,1H3,(H,19,21). The molecule has 0 bridgehead atoms. The van der Waals surface area contributed by atoms with E-state index in [1.165, 1.54) is 0 Å². The van der Waals surface area contributed by atoms with E-state index in [4.69, 9.17) is 5.73 Å². The van der Waals surface area contributed by atoms with Crippen molar-refractivity contribution in [3.8, 4) is 0 Å². The summed E-state index contributed by atoms with van der Waals surface area (Å²) in [6.07, 6.45) is 3.53. The van der Waals surface area contributed by atoms with Crippen molar-refractivity contribution in [2.45, 2.75) is 6.54 Å². The van der Waals surface area contributed by atoms with Gasteiger partial charge < -0.3 is 11.1 Å². The molecule has 2 aromatic rings. The van der Waals surface area contributed by atoms with Crippen LogP contribution in [-0.2, 0) is 11.3 Å². The number of nitrogens with two attached hydrogens (primary N) is 1. The Kier molecular flexibility index (Phi) is 5.30. The zero-order valence-corrected chi connectivity index (χ0v) is 13.3. The Morgan fingerprint density at radius 1 is 1.43 bits per heavy atom. The molecular weight excluding hydrogens is 332 g/mol. The largest absolute Gasteiger partial charge is 0.399 e. The zero-order valence-electron chi connectivity index (χ0n) is 11.7. The summed E-state index contributed by atoms with van der Waals surface area (Å²) in [4.78, 5) is 18.0. The average Bonchev–Trinajstić information content (AvgIpc) is 2.43. The number of aromatic nitrogens is 1. The SMILES string of the molecule is CN(CC(=O)Nc1ccc(N)cc1Br)Cc1cccnc1. The van der Waals surface area contributed by atoms with Gasteiger partial charge in [0.1, 0.15) is 0 Å². The summed E-state index contributed by atoms with van der Waals surface area (Å²) in [7, 11) is 1.89. The van der Waals surface area contributed by atoms with Gasteiger partial charge in [-0.05, 0) is 52.8 Å². The van der Waals surface area contributed by atoms with E-state index in [1.54, 1.807) is 30.6 Å². The second-order valence-corrected chi connectivity index (χ2v) is 5.68. The highest BCUT2D eigenvalue weighted by Gasteiger charge is 2.09. The molecule has 1 heterocycles. The van der Waals surface area contributed by atoms with Gasteiger partial charge in [-0.2, -0.15) is 0 Å². The molecule has 0 aliphatic heterocycles. The zero-order chi connectivity index (χ0) is 15.2. The Labute approximate surface area is 132 Å². The lowest BCUT2D eigenvalue weighted by Crippen LogP contribution is -2.29. The number of nitrogens with one attached hydrogen (secondary N) is 1. The molecular formula is C15H17BrN4O. The van der Waals surface area contributed by atoms with E-state index in [-0.39, 0.29) is 5.91 Å². The van der Waals surface area contributed by atoms with E-state index in [2.05, 4.69) is 26.2 Å². The van der Waals surface area contributed by atoms with Gasteiger partial charge in [-0.25, -0.2) is 0 Å². The lowest BCUT2D eigenvalue weighted by atomic mass is 10.2. The van der Waals surface area contributed by atoms with Crippen LogP contribution in [0.25, 0.3) is 0 Å². The minimum absolute atomic E-state index is 0.0770. The van der Waals surface area contributed by atoms with E-state index < -0.39 is 0 Å². The van der Waals surface area contributed by atoms with E-state index in [0.717, 1.165) is 10.0 Å². The Bertz CT molecular complexity index is 618. The summed E-state index contributed by atoms with van der Waals surface area (Å²) in [5.41, 5.74) is 8.10. The van der Waals surface area contributed by atoms with E-state index in [1.807, 2.05) is 24.1 Å². The quantitative estimate of drug-likeness (QED) is 0.814. The molecule has 0 atom stereocenters. The van der Waals surface area contributed by atoms with Crippen molar-refractivity contribution in [1.82, 2.24) is 9.88 Å². The molecule has 1 aromatic heterocycles. The second-order valence-electron chi connectivity index (χ2n) is 4.82. The van der Waals surface area contributed by atoms with Crippen molar-refractivity contribution in [2.75, 3.05) is 24.6 Å². The molecule has 0 saturated carbocycles. The van der Waals surface area contributed by atoms with Gasteiger partial charge in [0, 0.05) is 29.1 Å². The number of anilines is 2. The molecule has 6 heteroatoms. The van der Waals surface area contributed by atoms with Gasteiger partial charge in [-0.3, -0.25) is 14.7 Å². The molecule has 2 rings (SSSR count). The Morgan fingerprint density at radius 3 is 2.90 bits per heavy atom. The van der Waals surface area contributed by atoms with Crippen LogP contribution in [0.15, 0.2) is 47.2 Å². The molecule has 3 N–H and O–H groups in total. The highest BCUT2D eigenvalue weighted by Crippen LogP contribution is 2.24. The van der Waals surface area contributed by atoms with Crippen LogP contribution in [0.5, 0.6) is 0 Å². The Hall–Kier alpha value is -1.92. The minimum atomic E-state index is -0.0770. The topological polar surface area (TPSA) is 71.2 Å². The first-order valence-electron chi connectivity index (χ1n) is 6.47. The highest BCUT2D eigenvalue weighted by molar-refractivity contribution is 9.10. The molecule has 21 heavy (non-hydrogen) atoms. The number of benzene rings is 1. The normalized spacial score (nSPS) is 10.6. The maximum absolute atomic E-state index is 12.0. The predicted octanol–water partition coefficient (Wildman–Crippen LogP) is 2.50. The summed E-state index contributed by atoms with van der Waals surface area (Å²) < 4.78 is 0.769. The molecule has 5 nitrogen and oxygen atoms in total. The number of likely N-dealkylation sites (N-methyl/N-ethyl adjacent to an activating group) is 1. The number of halogens is 1. The summed E-state index contributed by atoms with van der Waals surface area (Å²) in [6.45, 7) is 0.968. The van der Waals surface area contributed by atoms with Crippen LogP contribution in [0.4, 0.5) is 11.4 Å². The molecule has 0 aliphatic rings. The predicted molar refractivity (Wildman–Crippen MR) is 87.8 cm³/mol. The molecule has 0 unspecified atom stereocenters. The number of hydrogen-bond donors (Lipinski definition) is 2. The van der Waals surface area contributed by atoms with Crippen LogP contribution in [0.1, 0.15) is 5.56 Å². The summed E-state index contributed by atoms with van der Waals surface area (Å²) in [5, 5.41) is 2.86. The number of carbonyl (C=O) groups excluding carboxylic acids is 1. The van der Waals surface area contributed by atoms with Gasteiger partial charge in [0.05, 0.1) is 12.2 Å². The first-order valence-corrected chi connectivity index (χ1v) is 7.26. The van der Waals surface area contributed by atoms with Crippen molar-refractivity contribution in [3.05, 3.63) is 52.8 Å². The molecule has 1 aromatic carbocycles. The molecule has 0 aliphatic carbocycles. The third-order valence-corrected chi connectivity index (χ3v) is 3.51. The van der Waals surface area contributed by atoms with Crippen LogP contribution in [0.2, 0.25) is 0 Å². The van der Waals surface area contributed by atoms with E-state index >= 15 is 0 Å². The van der Waals surface area contributed by atoms with Crippen LogP contribution >= 0.6 is 15.9 Å². The van der Waals surface area contributed by atoms with Gasteiger partial charge in [0.2, 0.25) is 5.91 Å². The number of hydrogen-bond acceptors (Lipinski definition) is 4. The third kappa shape index (κ3) is 4.84. The molecule has 0 saturated heterocycles. The lowest BCUT2D eigenvalue weighted by Gasteiger charge is -2.16. The maximum Gasteiger partial charge on any atom is 0.238 e. The number of nitrogens with zero attached hydrogens (tertiary/aromatic N) is 2. The summed E-state index contributed by atoms with van der Waals surface area (Å²) >= 11 is 3.38. The molecule has 110 valence electrons. The fourth-order valence-corrected chi connectivity index (χ4v) is 2.42. The molecule has 0 radical (unpaired) electrons. The van der Waals surface area contributed by atoms with Crippen molar-refractivity contribution in [1.29, 1.82) is 0 Å². The van der Waals surface area contributed by atoms with Gasteiger partial charge in [-0.15, -0.1) is 0 Å². The van der Waals surface area contributed by atoms with Crippen molar-refractivity contribution in [3.63, 3.8) is 0 Å². The van der Waals surface area contributed by atoms with Crippen LogP contribution in [-0.4, -0.2) is 29.4 Å². The average molecular weight is 349 g/mol. The first kappa shape index (κ1) is 15.5. The molecule has 1 amide bonds. The number of rotatable bonds is 5. The van der Waals surface area contributed by atoms with Gasteiger partial charge in [0.15, 0.2) is 0 Å². The number of carbonyl (C=O) groups is 1. The highest BCUT2D eigenvalue weighted by atomic mass is 79.9. The monoisotopic (exact) mass is 348 g/mol. The smallest absolute Gasteiger partial charge is 0.238 e. The third-order valence-electron chi connectivity index (χ3n) is 2.86. The fourth-order valence-electron chi connectivity index (χ4n) is 1.93.